The summed E-state index contributed by atoms with van der Waals surface area (Å²) in [6.07, 6.45) is -1.64. The highest BCUT2D eigenvalue weighted by atomic mass is 19.4. The predicted octanol–water partition coefficient (Wildman–Crippen LogP) is 2.56. The number of hydrogen-bond acceptors (Lipinski definition) is 3. The average molecular weight is 341 g/mol. The second-order valence-corrected chi connectivity index (χ2v) is 5.87. The van der Waals surface area contributed by atoms with Crippen LogP contribution in [0.5, 0.6) is 0 Å². The summed E-state index contributed by atoms with van der Waals surface area (Å²) >= 11 is 0. The molecule has 130 valence electrons. The molecule has 0 radical (unpaired) electrons. The molecule has 1 heterocycles. The summed E-state index contributed by atoms with van der Waals surface area (Å²) in [7, 11) is 0. The number of rotatable bonds is 5. The SMILES string of the molecule is CC(C)(NC(=O)c1cnn(CCO)c1)c1cccc(C(F)(F)F)c1. The van der Waals surface area contributed by atoms with Gasteiger partial charge in [0.05, 0.1) is 36.0 Å². The van der Waals surface area contributed by atoms with Crippen molar-refractivity contribution in [3.8, 4) is 0 Å². The van der Waals surface area contributed by atoms with E-state index in [-0.39, 0.29) is 18.7 Å². The first-order valence-corrected chi connectivity index (χ1v) is 7.27. The van der Waals surface area contributed by atoms with Crippen LogP contribution in [0.3, 0.4) is 0 Å². The third-order valence-corrected chi connectivity index (χ3v) is 3.56. The fourth-order valence-electron chi connectivity index (χ4n) is 2.22. The van der Waals surface area contributed by atoms with Crippen LogP contribution >= 0.6 is 0 Å². The van der Waals surface area contributed by atoms with E-state index in [1.165, 1.54) is 29.2 Å². The van der Waals surface area contributed by atoms with Crippen LogP contribution in [0, 0.1) is 0 Å². The van der Waals surface area contributed by atoms with E-state index in [1.54, 1.807) is 13.8 Å². The number of benzene rings is 1. The second-order valence-electron chi connectivity index (χ2n) is 5.87. The van der Waals surface area contributed by atoms with Crippen molar-refractivity contribution in [3.63, 3.8) is 0 Å². The number of aromatic nitrogens is 2. The van der Waals surface area contributed by atoms with Gasteiger partial charge in [0, 0.05) is 6.20 Å². The summed E-state index contributed by atoms with van der Waals surface area (Å²) in [5.74, 6) is -0.457. The van der Waals surface area contributed by atoms with Crippen molar-refractivity contribution < 1.29 is 23.1 Å². The van der Waals surface area contributed by atoms with Crippen molar-refractivity contribution in [2.45, 2.75) is 32.1 Å². The molecule has 1 amide bonds. The molecule has 0 aliphatic carbocycles. The molecule has 1 aromatic carbocycles. The van der Waals surface area contributed by atoms with Gasteiger partial charge in [0.1, 0.15) is 0 Å². The molecule has 8 heteroatoms. The van der Waals surface area contributed by atoms with Gasteiger partial charge in [-0.15, -0.1) is 0 Å². The quantitative estimate of drug-likeness (QED) is 0.878. The first-order valence-electron chi connectivity index (χ1n) is 7.27. The Balaban J connectivity index is 2.19. The lowest BCUT2D eigenvalue weighted by atomic mass is 9.92. The van der Waals surface area contributed by atoms with Crippen molar-refractivity contribution >= 4 is 5.91 Å². The number of nitrogens with zero attached hydrogens (tertiary/aromatic N) is 2. The molecule has 24 heavy (non-hydrogen) atoms. The maximum atomic E-state index is 12.8. The number of aliphatic hydroxyl groups excluding tert-OH is 1. The molecule has 0 atom stereocenters. The van der Waals surface area contributed by atoms with Crippen molar-refractivity contribution in [2.75, 3.05) is 6.61 Å². The Bertz CT molecular complexity index is 723. The van der Waals surface area contributed by atoms with Gasteiger partial charge in [0.2, 0.25) is 0 Å². The molecule has 2 rings (SSSR count). The first kappa shape index (κ1) is 18.0. The van der Waals surface area contributed by atoms with E-state index in [1.807, 2.05) is 0 Å². The zero-order chi connectivity index (χ0) is 18.0. The zero-order valence-corrected chi connectivity index (χ0v) is 13.3. The fraction of sp³-hybridized carbons (Fsp3) is 0.375. The van der Waals surface area contributed by atoms with Gasteiger partial charge in [-0.05, 0) is 31.5 Å². The van der Waals surface area contributed by atoms with Gasteiger partial charge in [-0.2, -0.15) is 18.3 Å². The molecular weight excluding hydrogens is 323 g/mol. The minimum Gasteiger partial charge on any atom is -0.394 e. The number of carbonyl (C=O) groups excluding carboxylic acids is 1. The molecule has 5 nitrogen and oxygen atoms in total. The van der Waals surface area contributed by atoms with Crippen LogP contribution in [-0.2, 0) is 18.3 Å². The van der Waals surface area contributed by atoms with E-state index in [0.29, 0.717) is 5.56 Å². The van der Waals surface area contributed by atoms with E-state index in [2.05, 4.69) is 10.4 Å². The molecule has 0 aliphatic rings. The Labute approximate surface area is 137 Å². The summed E-state index contributed by atoms with van der Waals surface area (Å²) in [4.78, 5) is 12.3. The fourth-order valence-corrected chi connectivity index (χ4v) is 2.22. The average Bonchev–Trinajstić information content (AvgIpc) is 2.95. The van der Waals surface area contributed by atoms with Crippen molar-refractivity contribution in [3.05, 3.63) is 53.3 Å². The lowest BCUT2D eigenvalue weighted by Gasteiger charge is -2.27. The largest absolute Gasteiger partial charge is 0.416 e. The monoisotopic (exact) mass is 341 g/mol. The predicted molar refractivity (Wildman–Crippen MR) is 81.2 cm³/mol. The van der Waals surface area contributed by atoms with Gasteiger partial charge < -0.3 is 10.4 Å². The van der Waals surface area contributed by atoms with Crippen LogP contribution in [0.1, 0.15) is 35.3 Å². The first-order chi connectivity index (χ1) is 11.1. The number of aliphatic hydroxyl groups is 1. The third-order valence-electron chi connectivity index (χ3n) is 3.56. The highest BCUT2D eigenvalue weighted by molar-refractivity contribution is 5.94. The van der Waals surface area contributed by atoms with E-state index in [4.69, 9.17) is 5.11 Å². The van der Waals surface area contributed by atoms with E-state index < -0.39 is 23.2 Å². The molecule has 1 aromatic heterocycles. The highest BCUT2D eigenvalue weighted by Crippen LogP contribution is 2.32. The van der Waals surface area contributed by atoms with Crippen LogP contribution in [0.15, 0.2) is 36.7 Å². The Morgan fingerprint density at radius 2 is 1.96 bits per heavy atom. The third kappa shape index (κ3) is 4.14. The zero-order valence-electron chi connectivity index (χ0n) is 13.3. The Kier molecular flexibility index (Phi) is 4.98. The maximum absolute atomic E-state index is 12.8. The van der Waals surface area contributed by atoms with Crippen LogP contribution in [0.25, 0.3) is 0 Å². The summed E-state index contributed by atoms with van der Waals surface area (Å²) in [5, 5.41) is 15.5. The van der Waals surface area contributed by atoms with Gasteiger partial charge >= 0.3 is 6.18 Å². The Morgan fingerprint density at radius 3 is 2.58 bits per heavy atom. The highest BCUT2D eigenvalue weighted by Gasteiger charge is 2.32. The molecule has 0 saturated carbocycles. The standard InChI is InChI=1S/C16H18F3N3O2/c1-15(2,12-4-3-5-13(8-12)16(17,18)19)21-14(24)11-9-20-22(10-11)6-7-23/h3-5,8-10,23H,6-7H2,1-2H3,(H,21,24). The normalized spacial score (nSPS) is 12.2. The molecule has 2 aromatic rings. The number of nitrogens with one attached hydrogen (secondary N) is 1. The van der Waals surface area contributed by atoms with E-state index in [0.717, 1.165) is 12.1 Å². The van der Waals surface area contributed by atoms with Crippen LogP contribution in [0.4, 0.5) is 13.2 Å². The summed E-state index contributed by atoms with van der Waals surface area (Å²) < 4.78 is 39.9. The van der Waals surface area contributed by atoms with Gasteiger partial charge in [-0.3, -0.25) is 9.48 Å². The van der Waals surface area contributed by atoms with Crippen LogP contribution < -0.4 is 5.32 Å². The van der Waals surface area contributed by atoms with Gasteiger partial charge in [-0.1, -0.05) is 12.1 Å². The summed E-state index contributed by atoms with van der Waals surface area (Å²) in [6, 6.07) is 4.85. The Morgan fingerprint density at radius 1 is 1.29 bits per heavy atom. The lowest BCUT2D eigenvalue weighted by molar-refractivity contribution is -0.137. The van der Waals surface area contributed by atoms with Crippen LogP contribution in [0.2, 0.25) is 0 Å². The van der Waals surface area contributed by atoms with Gasteiger partial charge in [0.25, 0.3) is 5.91 Å². The molecular formula is C16H18F3N3O2. The number of hydrogen-bond donors (Lipinski definition) is 2. The molecule has 0 unspecified atom stereocenters. The summed E-state index contributed by atoms with van der Waals surface area (Å²) in [6.45, 7) is 3.39. The van der Waals surface area contributed by atoms with Crippen molar-refractivity contribution in [2.24, 2.45) is 0 Å². The Hall–Kier alpha value is -2.35. The van der Waals surface area contributed by atoms with E-state index in [9.17, 15) is 18.0 Å². The maximum Gasteiger partial charge on any atom is 0.416 e. The van der Waals surface area contributed by atoms with Gasteiger partial charge in [0.15, 0.2) is 0 Å². The van der Waals surface area contributed by atoms with E-state index >= 15 is 0 Å². The molecule has 2 N–H and O–H groups in total. The second kappa shape index (κ2) is 6.64. The molecule has 0 aliphatic heterocycles. The van der Waals surface area contributed by atoms with Crippen molar-refractivity contribution in [1.29, 1.82) is 0 Å². The minimum absolute atomic E-state index is 0.113. The number of halogens is 3. The molecule has 0 fully saturated rings. The number of carbonyl (C=O) groups is 1. The van der Waals surface area contributed by atoms with Crippen molar-refractivity contribution in [1.82, 2.24) is 15.1 Å². The van der Waals surface area contributed by atoms with Gasteiger partial charge in [-0.25, -0.2) is 0 Å². The lowest BCUT2D eigenvalue weighted by Crippen LogP contribution is -2.41. The van der Waals surface area contributed by atoms with Crippen LogP contribution in [-0.4, -0.2) is 27.4 Å². The number of amides is 1. The molecule has 0 saturated heterocycles. The smallest absolute Gasteiger partial charge is 0.394 e. The number of alkyl halides is 3. The topological polar surface area (TPSA) is 67.2 Å². The summed E-state index contributed by atoms with van der Waals surface area (Å²) in [5.41, 5.74) is -1.16. The molecule has 0 spiro atoms. The minimum atomic E-state index is -4.44. The molecule has 0 bridgehead atoms.